The SMILES string of the molecule is CC(C)c1nc(Cc2cc(F)cc(F)c2)sc1CN. The molecule has 0 saturated carbocycles. The van der Waals surface area contributed by atoms with Crippen molar-refractivity contribution in [3.05, 3.63) is 51.0 Å². The number of rotatable bonds is 4. The Bertz CT molecular complexity index is 559. The molecule has 5 heteroatoms. The third-order valence-electron chi connectivity index (χ3n) is 2.78. The van der Waals surface area contributed by atoms with Crippen LogP contribution in [0.15, 0.2) is 18.2 Å². The van der Waals surface area contributed by atoms with Gasteiger partial charge >= 0.3 is 0 Å². The first-order chi connectivity index (χ1) is 8.99. The van der Waals surface area contributed by atoms with Crippen molar-refractivity contribution in [2.24, 2.45) is 5.73 Å². The fourth-order valence-corrected chi connectivity index (χ4v) is 3.11. The van der Waals surface area contributed by atoms with Crippen LogP contribution in [0.1, 0.15) is 40.9 Å². The minimum Gasteiger partial charge on any atom is -0.326 e. The first-order valence-corrected chi connectivity index (χ1v) is 6.94. The van der Waals surface area contributed by atoms with E-state index in [2.05, 4.69) is 18.8 Å². The third-order valence-corrected chi connectivity index (χ3v) is 3.88. The second kappa shape index (κ2) is 5.75. The molecule has 0 spiro atoms. The lowest BCUT2D eigenvalue weighted by atomic mass is 10.1. The zero-order valence-electron chi connectivity index (χ0n) is 10.9. The lowest BCUT2D eigenvalue weighted by molar-refractivity contribution is 0.580. The smallest absolute Gasteiger partial charge is 0.126 e. The van der Waals surface area contributed by atoms with Crippen molar-refractivity contribution < 1.29 is 8.78 Å². The molecule has 0 saturated heterocycles. The summed E-state index contributed by atoms with van der Waals surface area (Å²) in [5.74, 6) is -0.822. The second-order valence-corrected chi connectivity index (χ2v) is 5.90. The molecule has 19 heavy (non-hydrogen) atoms. The van der Waals surface area contributed by atoms with Gasteiger partial charge in [0.25, 0.3) is 0 Å². The van der Waals surface area contributed by atoms with Gasteiger partial charge in [0.1, 0.15) is 11.6 Å². The standard InChI is InChI=1S/C14H16F2N2S/c1-8(2)14-12(7-17)19-13(18-14)5-9-3-10(15)6-11(16)4-9/h3-4,6,8H,5,7,17H2,1-2H3. The zero-order chi connectivity index (χ0) is 14.0. The highest BCUT2D eigenvalue weighted by Crippen LogP contribution is 2.26. The fourth-order valence-electron chi connectivity index (χ4n) is 1.97. The molecule has 2 aromatic rings. The van der Waals surface area contributed by atoms with E-state index in [0.29, 0.717) is 24.4 Å². The molecule has 2 rings (SSSR count). The van der Waals surface area contributed by atoms with Crippen LogP contribution in [0.2, 0.25) is 0 Å². The van der Waals surface area contributed by atoms with Gasteiger partial charge in [-0.25, -0.2) is 13.8 Å². The molecule has 2 N–H and O–H groups in total. The molecule has 1 heterocycles. The van der Waals surface area contributed by atoms with Crippen molar-refractivity contribution >= 4 is 11.3 Å². The molecule has 1 aromatic carbocycles. The molecule has 2 nitrogen and oxygen atoms in total. The molecule has 0 radical (unpaired) electrons. The quantitative estimate of drug-likeness (QED) is 0.930. The molecule has 0 bridgehead atoms. The summed E-state index contributed by atoms with van der Waals surface area (Å²) in [7, 11) is 0. The molecular formula is C14H16F2N2S. The molecule has 0 aliphatic rings. The summed E-state index contributed by atoms with van der Waals surface area (Å²) >= 11 is 1.51. The van der Waals surface area contributed by atoms with Crippen molar-refractivity contribution in [3.8, 4) is 0 Å². The van der Waals surface area contributed by atoms with Crippen molar-refractivity contribution in [1.82, 2.24) is 4.98 Å². The van der Waals surface area contributed by atoms with E-state index in [1.54, 1.807) is 0 Å². The van der Waals surface area contributed by atoms with Crippen molar-refractivity contribution in [2.45, 2.75) is 32.7 Å². The van der Waals surface area contributed by atoms with Gasteiger partial charge in [-0.15, -0.1) is 11.3 Å². The van der Waals surface area contributed by atoms with Gasteiger partial charge < -0.3 is 5.73 Å². The normalized spacial score (nSPS) is 11.3. The minimum absolute atomic E-state index is 0.299. The Morgan fingerprint density at radius 2 is 1.84 bits per heavy atom. The lowest BCUT2D eigenvalue weighted by Gasteiger charge is -2.02. The van der Waals surface area contributed by atoms with Gasteiger partial charge in [0.05, 0.1) is 10.7 Å². The fraction of sp³-hybridized carbons (Fsp3) is 0.357. The molecule has 0 aliphatic carbocycles. The molecule has 0 atom stereocenters. The number of benzene rings is 1. The van der Waals surface area contributed by atoms with E-state index < -0.39 is 11.6 Å². The van der Waals surface area contributed by atoms with Crippen molar-refractivity contribution in [3.63, 3.8) is 0 Å². The Labute approximate surface area is 115 Å². The van der Waals surface area contributed by atoms with Crippen molar-refractivity contribution in [2.75, 3.05) is 0 Å². The third kappa shape index (κ3) is 3.36. The van der Waals surface area contributed by atoms with Crippen LogP contribution >= 0.6 is 11.3 Å². The highest BCUT2D eigenvalue weighted by atomic mass is 32.1. The summed E-state index contributed by atoms with van der Waals surface area (Å²) in [6, 6.07) is 3.54. The molecule has 0 amide bonds. The van der Waals surface area contributed by atoms with E-state index in [-0.39, 0.29) is 0 Å². The number of hydrogen-bond acceptors (Lipinski definition) is 3. The van der Waals surface area contributed by atoms with E-state index in [4.69, 9.17) is 5.73 Å². The zero-order valence-corrected chi connectivity index (χ0v) is 11.7. The average Bonchev–Trinajstić information content (AvgIpc) is 2.70. The van der Waals surface area contributed by atoms with Gasteiger partial charge in [0.2, 0.25) is 0 Å². The largest absolute Gasteiger partial charge is 0.326 e. The van der Waals surface area contributed by atoms with Crippen LogP contribution in [-0.4, -0.2) is 4.98 Å². The Balaban J connectivity index is 2.28. The van der Waals surface area contributed by atoms with Gasteiger partial charge in [-0.2, -0.15) is 0 Å². The first-order valence-electron chi connectivity index (χ1n) is 6.13. The molecular weight excluding hydrogens is 266 g/mol. The highest BCUT2D eigenvalue weighted by Gasteiger charge is 2.13. The minimum atomic E-state index is -0.560. The van der Waals surface area contributed by atoms with Gasteiger partial charge in [-0.1, -0.05) is 13.8 Å². The predicted octanol–water partition coefficient (Wildman–Crippen LogP) is 3.59. The van der Waals surface area contributed by atoms with Crippen LogP contribution in [0.25, 0.3) is 0 Å². The molecule has 0 fully saturated rings. The number of nitrogens with two attached hydrogens (primary N) is 1. The topological polar surface area (TPSA) is 38.9 Å². The van der Waals surface area contributed by atoms with E-state index in [9.17, 15) is 8.78 Å². The van der Waals surface area contributed by atoms with E-state index in [1.165, 1.54) is 23.5 Å². The predicted molar refractivity (Wildman–Crippen MR) is 73.3 cm³/mol. The molecule has 1 aromatic heterocycles. The van der Waals surface area contributed by atoms with Crippen LogP contribution in [0.4, 0.5) is 8.78 Å². The highest BCUT2D eigenvalue weighted by molar-refractivity contribution is 7.11. The van der Waals surface area contributed by atoms with Crippen LogP contribution in [-0.2, 0) is 13.0 Å². The average molecular weight is 282 g/mol. The van der Waals surface area contributed by atoms with E-state index in [0.717, 1.165) is 21.6 Å². The van der Waals surface area contributed by atoms with Gasteiger partial charge in [0, 0.05) is 23.9 Å². The lowest BCUT2D eigenvalue weighted by Crippen LogP contribution is -1.99. The number of thiazole rings is 1. The second-order valence-electron chi connectivity index (χ2n) is 4.73. The number of halogens is 2. The number of hydrogen-bond donors (Lipinski definition) is 1. The summed E-state index contributed by atoms with van der Waals surface area (Å²) in [5.41, 5.74) is 7.27. The Kier molecular flexibility index (Phi) is 4.27. The maximum absolute atomic E-state index is 13.1. The summed E-state index contributed by atoms with van der Waals surface area (Å²) in [6.07, 6.45) is 0.430. The Hall–Kier alpha value is -1.33. The van der Waals surface area contributed by atoms with Crippen molar-refractivity contribution in [1.29, 1.82) is 0 Å². The number of aromatic nitrogens is 1. The Morgan fingerprint density at radius 1 is 1.21 bits per heavy atom. The summed E-state index contributed by atoms with van der Waals surface area (Å²) in [4.78, 5) is 5.57. The number of nitrogens with zero attached hydrogens (tertiary/aromatic N) is 1. The van der Waals surface area contributed by atoms with E-state index in [1.807, 2.05) is 0 Å². The van der Waals surface area contributed by atoms with Crippen LogP contribution in [0.5, 0.6) is 0 Å². The maximum Gasteiger partial charge on any atom is 0.126 e. The molecule has 102 valence electrons. The van der Waals surface area contributed by atoms with Gasteiger partial charge in [-0.05, 0) is 23.6 Å². The Morgan fingerprint density at radius 3 is 2.32 bits per heavy atom. The molecule has 0 unspecified atom stereocenters. The first kappa shape index (κ1) is 14.1. The maximum atomic E-state index is 13.1. The molecule has 0 aliphatic heterocycles. The van der Waals surface area contributed by atoms with Gasteiger partial charge in [0.15, 0.2) is 0 Å². The van der Waals surface area contributed by atoms with Crippen LogP contribution < -0.4 is 5.73 Å². The van der Waals surface area contributed by atoms with Gasteiger partial charge in [-0.3, -0.25) is 0 Å². The summed E-state index contributed by atoms with van der Waals surface area (Å²) < 4.78 is 26.3. The van der Waals surface area contributed by atoms with E-state index >= 15 is 0 Å². The van der Waals surface area contributed by atoms with Crippen LogP contribution in [0, 0.1) is 11.6 Å². The summed E-state index contributed by atoms with van der Waals surface area (Å²) in [5, 5.41) is 0.842. The monoisotopic (exact) mass is 282 g/mol. The van der Waals surface area contributed by atoms with Crippen LogP contribution in [0.3, 0.4) is 0 Å². The summed E-state index contributed by atoms with van der Waals surface area (Å²) in [6.45, 7) is 4.56.